The van der Waals surface area contributed by atoms with E-state index in [1.165, 1.54) is 18.8 Å². The minimum atomic E-state index is -2.97. The molecule has 0 aromatic carbocycles. The first-order valence-electron chi connectivity index (χ1n) is 4.60. The normalized spacial score (nSPS) is 10.6. The zero-order valence-corrected chi connectivity index (χ0v) is 9.16. The number of aryl methyl sites for hydroxylation is 1. The van der Waals surface area contributed by atoms with E-state index < -0.39 is 12.6 Å². The predicted octanol–water partition coefficient (Wildman–Crippen LogP) is 1.37. The highest BCUT2D eigenvalue weighted by molar-refractivity contribution is 5.89. The molecule has 0 unspecified atom stereocenters. The summed E-state index contributed by atoms with van der Waals surface area (Å²) in [5.74, 6) is -0.864. The molecule has 0 N–H and O–H groups in total. The van der Waals surface area contributed by atoms with Crippen molar-refractivity contribution in [3.05, 3.63) is 11.3 Å². The largest absolute Gasteiger partial charge is 0.464 e. The molecule has 1 heterocycles. The summed E-state index contributed by atoms with van der Waals surface area (Å²) in [6.07, 6.45) is 0.348. The third kappa shape index (κ3) is 2.29. The minimum Gasteiger partial charge on any atom is -0.464 e. The first-order valence-corrected chi connectivity index (χ1v) is 4.60. The summed E-state index contributed by atoms with van der Waals surface area (Å²) in [5.41, 5.74) is 0.440. The summed E-state index contributed by atoms with van der Waals surface area (Å²) < 4.78 is 34.1. The Morgan fingerprint density at radius 3 is 2.62 bits per heavy atom. The Morgan fingerprint density at radius 2 is 2.19 bits per heavy atom. The molecule has 0 aliphatic carbocycles. The van der Waals surface area contributed by atoms with Gasteiger partial charge in [0.25, 0.3) is 0 Å². The van der Waals surface area contributed by atoms with Crippen LogP contribution in [0, 0.1) is 0 Å². The van der Waals surface area contributed by atoms with Gasteiger partial charge in [0.2, 0.25) is 5.88 Å². The quantitative estimate of drug-likeness (QED) is 0.738. The van der Waals surface area contributed by atoms with Gasteiger partial charge in [-0.05, 0) is 6.42 Å². The van der Waals surface area contributed by atoms with E-state index in [2.05, 4.69) is 14.6 Å². The number of methoxy groups -OCH3 is 1. The highest BCUT2D eigenvalue weighted by Crippen LogP contribution is 2.23. The van der Waals surface area contributed by atoms with Gasteiger partial charge in [0, 0.05) is 12.6 Å². The Kier molecular flexibility index (Phi) is 3.81. The van der Waals surface area contributed by atoms with Gasteiger partial charge in [-0.2, -0.15) is 8.78 Å². The van der Waals surface area contributed by atoms with Gasteiger partial charge < -0.3 is 9.47 Å². The van der Waals surface area contributed by atoms with Gasteiger partial charge in [-0.3, -0.25) is 4.68 Å². The third-order valence-corrected chi connectivity index (χ3v) is 2.04. The number of carbonyl (C=O) groups is 1. The van der Waals surface area contributed by atoms with Crippen LogP contribution >= 0.6 is 0 Å². The van der Waals surface area contributed by atoms with Crippen LogP contribution in [0.1, 0.15) is 23.0 Å². The summed E-state index contributed by atoms with van der Waals surface area (Å²) in [5, 5.41) is 3.70. The molecule has 0 saturated heterocycles. The molecule has 0 fully saturated rings. The van der Waals surface area contributed by atoms with Crippen molar-refractivity contribution >= 4 is 5.97 Å². The predicted molar refractivity (Wildman–Crippen MR) is 50.6 cm³/mol. The number of hydrogen-bond donors (Lipinski definition) is 0. The van der Waals surface area contributed by atoms with Crippen LogP contribution < -0.4 is 4.74 Å². The fourth-order valence-corrected chi connectivity index (χ4v) is 1.39. The Morgan fingerprint density at radius 1 is 1.56 bits per heavy atom. The van der Waals surface area contributed by atoms with Crippen LogP contribution in [0.5, 0.6) is 5.88 Å². The van der Waals surface area contributed by atoms with Gasteiger partial charge in [0.15, 0.2) is 5.69 Å². The van der Waals surface area contributed by atoms with Gasteiger partial charge in [0.1, 0.15) is 0 Å². The van der Waals surface area contributed by atoms with Crippen molar-refractivity contribution in [2.75, 3.05) is 7.11 Å². The maximum absolute atomic E-state index is 12.1. The lowest BCUT2D eigenvalue weighted by atomic mass is 10.2. The molecule has 7 heteroatoms. The molecule has 0 atom stereocenters. The fourth-order valence-electron chi connectivity index (χ4n) is 1.39. The van der Waals surface area contributed by atoms with E-state index in [-0.39, 0.29) is 11.6 Å². The third-order valence-electron chi connectivity index (χ3n) is 2.04. The Labute approximate surface area is 90.9 Å². The van der Waals surface area contributed by atoms with E-state index in [9.17, 15) is 13.6 Å². The van der Waals surface area contributed by atoms with Crippen molar-refractivity contribution in [1.82, 2.24) is 9.78 Å². The van der Waals surface area contributed by atoms with Crippen molar-refractivity contribution in [3.63, 3.8) is 0 Å². The molecule has 1 aromatic heterocycles. The van der Waals surface area contributed by atoms with Crippen molar-refractivity contribution < 1.29 is 23.0 Å². The van der Waals surface area contributed by atoms with Gasteiger partial charge >= 0.3 is 12.6 Å². The molecule has 1 aromatic rings. The first-order chi connectivity index (χ1) is 7.51. The molecule has 0 aliphatic heterocycles. The van der Waals surface area contributed by atoms with Crippen LogP contribution in [0.25, 0.3) is 0 Å². The maximum atomic E-state index is 12.1. The van der Waals surface area contributed by atoms with Crippen molar-refractivity contribution in [2.24, 2.45) is 7.05 Å². The molecular formula is C9H12F2N2O3. The van der Waals surface area contributed by atoms with Crippen LogP contribution in [0.3, 0.4) is 0 Å². The molecule has 1 rings (SSSR count). The van der Waals surface area contributed by atoms with Crippen LogP contribution in [0.2, 0.25) is 0 Å². The summed E-state index contributed by atoms with van der Waals surface area (Å²) in [6.45, 7) is -1.26. The average Bonchev–Trinajstić information content (AvgIpc) is 2.52. The molecule has 5 nitrogen and oxygen atoms in total. The summed E-state index contributed by atoms with van der Waals surface area (Å²) in [6, 6.07) is 0. The van der Waals surface area contributed by atoms with Gasteiger partial charge in [-0.25, -0.2) is 4.79 Å². The molecule has 16 heavy (non-hydrogen) atoms. The maximum Gasteiger partial charge on any atom is 0.388 e. The number of alkyl halides is 2. The standard InChI is InChI=1S/C9H12F2N2O3/c1-4-5-6(8(14)15-3)13(2)12-7(5)16-9(10)11/h9H,4H2,1-3H3. The molecule has 0 saturated carbocycles. The molecule has 0 amide bonds. The van der Waals surface area contributed by atoms with Crippen LogP contribution in [0.4, 0.5) is 8.78 Å². The summed E-state index contributed by atoms with van der Waals surface area (Å²) in [7, 11) is 2.67. The number of esters is 1. The van der Waals surface area contributed by atoms with E-state index in [4.69, 9.17) is 0 Å². The lowest BCUT2D eigenvalue weighted by Gasteiger charge is -2.03. The van der Waals surface area contributed by atoms with E-state index >= 15 is 0 Å². The smallest absolute Gasteiger partial charge is 0.388 e. The fraction of sp³-hybridized carbons (Fsp3) is 0.556. The SMILES string of the molecule is CCc1c(OC(F)F)nn(C)c1C(=O)OC. The number of aromatic nitrogens is 2. The van der Waals surface area contributed by atoms with Gasteiger partial charge in [0.05, 0.1) is 7.11 Å². The zero-order chi connectivity index (χ0) is 12.3. The number of hydrogen-bond acceptors (Lipinski definition) is 4. The lowest BCUT2D eigenvalue weighted by molar-refractivity contribution is -0.0537. The molecule has 0 bridgehead atoms. The van der Waals surface area contributed by atoms with E-state index in [0.717, 1.165) is 0 Å². The number of halogens is 2. The van der Waals surface area contributed by atoms with E-state index in [0.29, 0.717) is 12.0 Å². The van der Waals surface area contributed by atoms with Gasteiger partial charge in [-0.15, -0.1) is 5.10 Å². The molecular weight excluding hydrogens is 222 g/mol. The van der Waals surface area contributed by atoms with Gasteiger partial charge in [-0.1, -0.05) is 6.92 Å². The second-order valence-corrected chi connectivity index (χ2v) is 2.98. The highest BCUT2D eigenvalue weighted by atomic mass is 19.3. The van der Waals surface area contributed by atoms with E-state index in [1.54, 1.807) is 6.92 Å². The second-order valence-electron chi connectivity index (χ2n) is 2.98. The van der Waals surface area contributed by atoms with Crippen LogP contribution in [-0.4, -0.2) is 29.5 Å². The molecule has 0 aliphatic rings. The lowest BCUT2D eigenvalue weighted by Crippen LogP contribution is -2.10. The van der Waals surface area contributed by atoms with Crippen molar-refractivity contribution in [1.29, 1.82) is 0 Å². The zero-order valence-electron chi connectivity index (χ0n) is 9.16. The average molecular weight is 234 g/mol. The van der Waals surface area contributed by atoms with Crippen molar-refractivity contribution in [3.8, 4) is 5.88 Å². The number of nitrogens with zero attached hydrogens (tertiary/aromatic N) is 2. The monoisotopic (exact) mass is 234 g/mol. The highest BCUT2D eigenvalue weighted by Gasteiger charge is 2.24. The molecule has 0 radical (unpaired) electrons. The summed E-state index contributed by atoms with van der Waals surface area (Å²) in [4.78, 5) is 11.4. The second kappa shape index (κ2) is 4.91. The molecule has 0 spiro atoms. The minimum absolute atomic E-state index is 0.126. The Balaban J connectivity index is 3.18. The van der Waals surface area contributed by atoms with Crippen LogP contribution in [0.15, 0.2) is 0 Å². The molecule has 90 valence electrons. The number of carbonyl (C=O) groups excluding carboxylic acids is 1. The summed E-state index contributed by atoms with van der Waals surface area (Å²) >= 11 is 0. The number of rotatable bonds is 4. The first kappa shape index (κ1) is 12.4. The number of ether oxygens (including phenoxy) is 2. The Bertz CT molecular complexity index is 390. The Hall–Kier alpha value is -1.66. The van der Waals surface area contributed by atoms with Crippen molar-refractivity contribution in [2.45, 2.75) is 20.0 Å². The van der Waals surface area contributed by atoms with E-state index in [1.807, 2.05) is 0 Å². The topological polar surface area (TPSA) is 53.4 Å². The van der Waals surface area contributed by atoms with Crippen LogP contribution in [-0.2, 0) is 18.2 Å².